The van der Waals surface area contributed by atoms with Crippen molar-refractivity contribution in [1.29, 1.82) is 0 Å². The average Bonchev–Trinajstić information content (AvgIpc) is 3.02. The molecule has 0 unspecified atom stereocenters. The predicted molar refractivity (Wildman–Crippen MR) is 104 cm³/mol. The molecule has 2 aromatic carbocycles. The molecule has 3 rings (SSSR count). The highest BCUT2D eigenvalue weighted by Crippen LogP contribution is 2.28. The molecular formula is C17H14ClN5O3S. The molecule has 138 valence electrons. The van der Waals surface area contributed by atoms with Crippen LogP contribution < -0.4 is 5.32 Å². The molecule has 0 fully saturated rings. The molecule has 3 aromatic rings. The molecule has 0 saturated carbocycles. The van der Waals surface area contributed by atoms with E-state index in [0.717, 1.165) is 5.56 Å². The quantitative estimate of drug-likeness (QED) is 0.381. The lowest BCUT2D eigenvalue weighted by Gasteiger charge is -2.06. The highest BCUT2D eigenvalue weighted by Gasteiger charge is 2.15. The Labute approximate surface area is 163 Å². The van der Waals surface area contributed by atoms with Crippen molar-refractivity contribution in [2.45, 2.75) is 5.16 Å². The molecule has 1 amide bonds. The Bertz CT molecular complexity index is 993. The number of nitro benzene ring substituents is 1. The molecule has 0 spiro atoms. The normalized spacial score (nSPS) is 10.6. The minimum atomic E-state index is -0.600. The van der Waals surface area contributed by atoms with Gasteiger partial charge in [0.1, 0.15) is 5.02 Å². The van der Waals surface area contributed by atoms with Crippen molar-refractivity contribution >= 4 is 40.6 Å². The third-order valence-corrected chi connectivity index (χ3v) is 4.97. The molecule has 1 aromatic heterocycles. The van der Waals surface area contributed by atoms with Crippen LogP contribution in [0.25, 0.3) is 11.4 Å². The maximum absolute atomic E-state index is 12.1. The van der Waals surface area contributed by atoms with Crippen molar-refractivity contribution in [2.75, 3.05) is 11.1 Å². The minimum absolute atomic E-state index is 0.0138. The topological polar surface area (TPSA) is 103 Å². The zero-order chi connectivity index (χ0) is 19.4. The number of nitrogens with one attached hydrogen (secondary N) is 1. The molecule has 0 atom stereocenters. The zero-order valence-corrected chi connectivity index (χ0v) is 15.7. The monoisotopic (exact) mass is 403 g/mol. The van der Waals surface area contributed by atoms with E-state index < -0.39 is 4.92 Å². The molecule has 0 aliphatic heterocycles. The van der Waals surface area contributed by atoms with E-state index in [9.17, 15) is 14.9 Å². The van der Waals surface area contributed by atoms with E-state index in [-0.39, 0.29) is 22.4 Å². The largest absolute Gasteiger partial charge is 0.325 e. The summed E-state index contributed by atoms with van der Waals surface area (Å²) in [5.74, 6) is 0.463. The second-order valence-electron chi connectivity index (χ2n) is 5.49. The molecule has 8 nitrogen and oxygen atoms in total. The number of nitrogens with zero attached hydrogens (tertiary/aromatic N) is 4. The first-order valence-electron chi connectivity index (χ1n) is 7.77. The van der Waals surface area contributed by atoms with E-state index in [1.807, 2.05) is 37.4 Å². The Balaban J connectivity index is 1.64. The summed E-state index contributed by atoms with van der Waals surface area (Å²) in [5.41, 5.74) is 0.972. The summed E-state index contributed by atoms with van der Waals surface area (Å²) in [6.07, 6.45) is 0. The number of carbonyl (C=O) groups excluding carboxylic acids is 1. The van der Waals surface area contributed by atoms with Crippen molar-refractivity contribution in [2.24, 2.45) is 7.05 Å². The van der Waals surface area contributed by atoms with Gasteiger partial charge in [0, 0.05) is 24.4 Å². The Morgan fingerprint density at radius 1 is 1.26 bits per heavy atom. The number of benzene rings is 2. The standard InChI is InChI=1S/C17H14ClN5O3S/c1-22-16(11-5-3-2-4-6-11)20-21-17(22)27-10-15(24)19-12-7-8-13(18)14(9-12)23(25)26/h2-9H,10H2,1H3,(H,19,24). The summed E-state index contributed by atoms with van der Waals surface area (Å²) in [6.45, 7) is 0. The first-order chi connectivity index (χ1) is 13.0. The Kier molecular flexibility index (Phi) is 5.72. The van der Waals surface area contributed by atoms with Crippen LogP contribution in [0.2, 0.25) is 5.02 Å². The summed E-state index contributed by atoms with van der Waals surface area (Å²) >= 11 is 6.98. The van der Waals surface area contributed by atoms with E-state index >= 15 is 0 Å². The van der Waals surface area contributed by atoms with Crippen molar-refractivity contribution in [1.82, 2.24) is 14.8 Å². The molecule has 0 aliphatic rings. The SMILES string of the molecule is Cn1c(SCC(=O)Nc2ccc(Cl)c([N+](=O)[O-])c2)nnc1-c1ccccc1. The maximum atomic E-state index is 12.1. The van der Waals surface area contributed by atoms with Crippen LogP contribution in [-0.4, -0.2) is 31.3 Å². The number of hydrogen-bond donors (Lipinski definition) is 1. The van der Waals surface area contributed by atoms with Gasteiger partial charge in [-0.05, 0) is 12.1 Å². The predicted octanol–water partition coefficient (Wildman–Crippen LogP) is 3.77. The van der Waals surface area contributed by atoms with Gasteiger partial charge in [0.2, 0.25) is 5.91 Å². The molecule has 0 aliphatic carbocycles. The van der Waals surface area contributed by atoms with Crippen molar-refractivity contribution < 1.29 is 9.72 Å². The summed E-state index contributed by atoms with van der Waals surface area (Å²) < 4.78 is 1.81. The van der Waals surface area contributed by atoms with Gasteiger partial charge in [-0.15, -0.1) is 10.2 Å². The van der Waals surface area contributed by atoms with Crippen LogP contribution in [0.4, 0.5) is 11.4 Å². The molecule has 1 heterocycles. The van der Waals surface area contributed by atoms with Gasteiger partial charge in [0.25, 0.3) is 5.69 Å². The molecule has 10 heteroatoms. The van der Waals surface area contributed by atoms with E-state index in [2.05, 4.69) is 15.5 Å². The summed E-state index contributed by atoms with van der Waals surface area (Å²) in [6, 6.07) is 13.7. The number of thioether (sulfide) groups is 1. The number of halogens is 1. The van der Waals surface area contributed by atoms with Crippen molar-refractivity contribution in [3.05, 3.63) is 63.7 Å². The maximum Gasteiger partial charge on any atom is 0.289 e. The molecule has 1 N–H and O–H groups in total. The molecule has 27 heavy (non-hydrogen) atoms. The van der Waals surface area contributed by atoms with E-state index in [1.54, 1.807) is 4.57 Å². The summed E-state index contributed by atoms with van der Waals surface area (Å²) in [7, 11) is 1.82. The van der Waals surface area contributed by atoms with Crippen LogP contribution in [0, 0.1) is 10.1 Å². The van der Waals surface area contributed by atoms with Crippen LogP contribution in [-0.2, 0) is 11.8 Å². The lowest BCUT2D eigenvalue weighted by atomic mass is 10.2. The first kappa shape index (κ1) is 18.9. The number of carbonyl (C=O) groups is 1. The fourth-order valence-corrected chi connectivity index (χ4v) is 3.23. The lowest BCUT2D eigenvalue weighted by molar-refractivity contribution is -0.384. The Hall–Kier alpha value is -2.91. The van der Waals surface area contributed by atoms with Crippen molar-refractivity contribution in [3.63, 3.8) is 0 Å². The Morgan fingerprint density at radius 2 is 2.00 bits per heavy atom. The van der Waals surface area contributed by atoms with E-state index in [1.165, 1.54) is 30.0 Å². The molecule has 0 saturated heterocycles. The van der Waals surface area contributed by atoms with Gasteiger partial charge in [-0.3, -0.25) is 14.9 Å². The van der Waals surface area contributed by atoms with Crippen LogP contribution >= 0.6 is 23.4 Å². The number of nitro groups is 1. The van der Waals surface area contributed by atoms with Gasteiger partial charge >= 0.3 is 0 Å². The third kappa shape index (κ3) is 4.44. The number of aromatic nitrogens is 3. The second-order valence-corrected chi connectivity index (χ2v) is 6.84. The van der Waals surface area contributed by atoms with Gasteiger partial charge < -0.3 is 9.88 Å². The van der Waals surface area contributed by atoms with Gasteiger partial charge in [-0.2, -0.15) is 0 Å². The lowest BCUT2D eigenvalue weighted by Crippen LogP contribution is -2.14. The van der Waals surface area contributed by atoms with Crippen LogP contribution in [0.1, 0.15) is 0 Å². The molecule has 0 radical (unpaired) electrons. The average molecular weight is 404 g/mol. The summed E-state index contributed by atoms with van der Waals surface area (Å²) in [5, 5.41) is 22.4. The number of amides is 1. The molecular weight excluding hydrogens is 390 g/mol. The third-order valence-electron chi connectivity index (χ3n) is 3.63. The highest BCUT2D eigenvalue weighted by atomic mass is 35.5. The first-order valence-corrected chi connectivity index (χ1v) is 9.13. The van der Waals surface area contributed by atoms with Crippen LogP contribution in [0.3, 0.4) is 0 Å². The van der Waals surface area contributed by atoms with Crippen molar-refractivity contribution in [3.8, 4) is 11.4 Å². The minimum Gasteiger partial charge on any atom is -0.325 e. The van der Waals surface area contributed by atoms with E-state index in [0.29, 0.717) is 16.7 Å². The number of rotatable bonds is 6. The zero-order valence-electron chi connectivity index (χ0n) is 14.1. The van der Waals surface area contributed by atoms with Gasteiger partial charge in [-0.25, -0.2) is 0 Å². The number of anilines is 1. The smallest absolute Gasteiger partial charge is 0.289 e. The van der Waals surface area contributed by atoms with Gasteiger partial charge in [-0.1, -0.05) is 53.7 Å². The molecule has 0 bridgehead atoms. The fourth-order valence-electron chi connectivity index (χ4n) is 2.34. The van der Waals surface area contributed by atoms with Gasteiger partial charge in [0.05, 0.1) is 10.7 Å². The fraction of sp³-hybridized carbons (Fsp3) is 0.118. The van der Waals surface area contributed by atoms with Crippen LogP contribution in [0.5, 0.6) is 0 Å². The van der Waals surface area contributed by atoms with Crippen LogP contribution in [0.15, 0.2) is 53.7 Å². The van der Waals surface area contributed by atoms with Gasteiger partial charge in [0.15, 0.2) is 11.0 Å². The summed E-state index contributed by atoms with van der Waals surface area (Å²) in [4.78, 5) is 22.5. The van der Waals surface area contributed by atoms with E-state index in [4.69, 9.17) is 11.6 Å². The number of hydrogen-bond acceptors (Lipinski definition) is 6. The highest BCUT2D eigenvalue weighted by molar-refractivity contribution is 7.99. The second kappa shape index (κ2) is 8.19. The Morgan fingerprint density at radius 3 is 2.70 bits per heavy atom.